The lowest BCUT2D eigenvalue weighted by Gasteiger charge is -2.13. The van der Waals surface area contributed by atoms with Crippen LogP contribution in [0.5, 0.6) is 0 Å². The Morgan fingerprint density at radius 2 is 1.75 bits per heavy atom. The molecular formula is C21H19ClN4O2. The second-order valence-electron chi connectivity index (χ2n) is 6.79. The highest BCUT2D eigenvalue weighted by Crippen LogP contribution is 2.24. The maximum absolute atomic E-state index is 12.4. The van der Waals surface area contributed by atoms with Gasteiger partial charge in [-0.25, -0.2) is 9.97 Å². The van der Waals surface area contributed by atoms with E-state index in [1.807, 2.05) is 13.0 Å². The number of unbranched alkanes of at least 4 members (excludes halogenated alkanes) is 1. The highest BCUT2D eigenvalue weighted by molar-refractivity contribution is 6.29. The highest BCUT2D eigenvalue weighted by atomic mass is 35.5. The molecule has 0 spiro atoms. The lowest BCUT2D eigenvalue weighted by molar-refractivity contribution is 0.0652. The number of amides is 2. The van der Waals surface area contributed by atoms with E-state index in [0.29, 0.717) is 22.8 Å². The van der Waals surface area contributed by atoms with Crippen LogP contribution < -0.4 is 0 Å². The molecule has 3 aromatic rings. The number of halogens is 1. The van der Waals surface area contributed by atoms with E-state index in [9.17, 15) is 9.59 Å². The Bertz CT molecular complexity index is 1010. The number of nitrogens with zero attached hydrogens (tertiary/aromatic N) is 3. The molecule has 0 atom stereocenters. The number of H-pyrrole nitrogens is 1. The fourth-order valence-corrected chi connectivity index (χ4v) is 3.55. The summed E-state index contributed by atoms with van der Waals surface area (Å²) in [4.78, 5) is 38.1. The first-order chi connectivity index (χ1) is 13.5. The van der Waals surface area contributed by atoms with Gasteiger partial charge < -0.3 is 4.98 Å². The number of aromatic nitrogens is 3. The summed E-state index contributed by atoms with van der Waals surface area (Å²) in [6, 6.07) is 10.6. The standard InChI is InChI=1S/C21H19ClN4O2/c1-13-19(14-9-10-17(22)23-12-14)25-18(24-13)8-4-5-11-26-20(27)15-6-2-3-7-16(15)21(26)28/h2-3,6-7,9-10,12H,4-5,8,11H2,1H3,(H,24,25). The Morgan fingerprint density at radius 1 is 1.04 bits per heavy atom. The van der Waals surface area contributed by atoms with Crippen molar-refractivity contribution in [2.75, 3.05) is 6.54 Å². The number of pyridine rings is 1. The molecule has 3 heterocycles. The highest BCUT2D eigenvalue weighted by Gasteiger charge is 2.34. The summed E-state index contributed by atoms with van der Waals surface area (Å²) in [5.74, 6) is 0.476. The summed E-state index contributed by atoms with van der Waals surface area (Å²) in [6.45, 7) is 2.39. The molecule has 1 aliphatic rings. The number of imidazole rings is 1. The zero-order valence-corrected chi connectivity index (χ0v) is 16.2. The van der Waals surface area contributed by atoms with Gasteiger partial charge in [0.2, 0.25) is 0 Å². The van der Waals surface area contributed by atoms with E-state index < -0.39 is 0 Å². The molecule has 0 radical (unpaired) electrons. The van der Waals surface area contributed by atoms with Crippen molar-refractivity contribution in [2.45, 2.75) is 26.2 Å². The van der Waals surface area contributed by atoms with E-state index in [1.54, 1.807) is 36.5 Å². The number of carbonyl (C=O) groups excluding carboxylic acids is 2. The number of hydrogen-bond donors (Lipinski definition) is 1. The fourth-order valence-electron chi connectivity index (χ4n) is 3.44. The first kappa shape index (κ1) is 18.4. The third kappa shape index (κ3) is 3.43. The number of aryl methyl sites for hydroxylation is 2. The topological polar surface area (TPSA) is 79.0 Å². The molecule has 1 aliphatic heterocycles. The molecule has 1 aromatic carbocycles. The number of rotatable bonds is 6. The molecule has 0 bridgehead atoms. The number of imide groups is 1. The zero-order valence-electron chi connectivity index (χ0n) is 15.4. The molecule has 4 rings (SSSR count). The van der Waals surface area contributed by atoms with Gasteiger partial charge in [-0.05, 0) is 44.0 Å². The van der Waals surface area contributed by atoms with Gasteiger partial charge in [-0.3, -0.25) is 14.5 Å². The molecule has 142 valence electrons. The average Bonchev–Trinajstić information content (AvgIpc) is 3.18. The fraction of sp³-hybridized carbons (Fsp3) is 0.238. The Balaban J connectivity index is 1.34. The van der Waals surface area contributed by atoms with Crippen molar-refractivity contribution in [3.05, 3.63) is 70.4 Å². The van der Waals surface area contributed by atoms with Crippen molar-refractivity contribution in [1.29, 1.82) is 0 Å². The van der Waals surface area contributed by atoms with E-state index in [1.165, 1.54) is 4.90 Å². The maximum Gasteiger partial charge on any atom is 0.261 e. The Morgan fingerprint density at radius 3 is 2.39 bits per heavy atom. The second kappa shape index (κ2) is 7.56. The van der Waals surface area contributed by atoms with Crippen LogP contribution in [0.25, 0.3) is 11.3 Å². The van der Waals surface area contributed by atoms with Crippen LogP contribution in [0.2, 0.25) is 5.15 Å². The summed E-state index contributed by atoms with van der Waals surface area (Å²) in [5, 5.41) is 0.449. The lowest BCUT2D eigenvalue weighted by Crippen LogP contribution is -2.30. The molecule has 0 unspecified atom stereocenters. The Hall–Kier alpha value is -2.99. The zero-order chi connectivity index (χ0) is 19.7. The molecule has 2 amide bonds. The summed E-state index contributed by atoms with van der Waals surface area (Å²) >= 11 is 5.84. The number of hydrogen-bond acceptors (Lipinski definition) is 4. The third-order valence-corrected chi connectivity index (χ3v) is 5.08. The number of aromatic amines is 1. The minimum Gasteiger partial charge on any atom is -0.346 e. The van der Waals surface area contributed by atoms with Gasteiger partial charge in [0.05, 0.1) is 16.8 Å². The number of fused-ring (bicyclic) bond motifs is 1. The molecule has 0 saturated carbocycles. The van der Waals surface area contributed by atoms with Crippen molar-refractivity contribution >= 4 is 23.4 Å². The van der Waals surface area contributed by atoms with Crippen LogP contribution in [0.4, 0.5) is 0 Å². The molecule has 0 saturated heterocycles. The van der Waals surface area contributed by atoms with Crippen LogP contribution in [0, 0.1) is 6.92 Å². The van der Waals surface area contributed by atoms with Crippen LogP contribution in [0.1, 0.15) is 45.1 Å². The summed E-state index contributed by atoms with van der Waals surface area (Å²) in [5.41, 5.74) is 3.74. The van der Waals surface area contributed by atoms with Gasteiger partial charge in [0.25, 0.3) is 11.8 Å². The van der Waals surface area contributed by atoms with Gasteiger partial charge >= 0.3 is 0 Å². The SMILES string of the molecule is Cc1[nH]c(CCCCN2C(=O)c3ccccc3C2=O)nc1-c1ccc(Cl)nc1. The molecule has 0 fully saturated rings. The Kier molecular flexibility index (Phi) is 4.96. The van der Waals surface area contributed by atoms with Gasteiger partial charge in [-0.15, -0.1) is 0 Å². The van der Waals surface area contributed by atoms with Gasteiger partial charge in [0.15, 0.2) is 0 Å². The van der Waals surface area contributed by atoms with E-state index in [0.717, 1.165) is 42.0 Å². The van der Waals surface area contributed by atoms with Crippen molar-refractivity contribution < 1.29 is 9.59 Å². The van der Waals surface area contributed by atoms with Crippen molar-refractivity contribution in [3.63, 3.8) is 0 Å². The van der Waals surface area contributed by atoms with Crippen LogP contribution in [-0.4, -0.2) is 38.2 Å². The van der Waals surface area contributed by atoms with Gasteiger partial charge in [-0.2, -0.15) is 0 Å². The maximum atomic E-state index is 12.4. The van der Waals surface area contributed by atoms with E-state index in [-0.39, 0.29) is 11.8 Å². The largest absolute Gasteiger partial charge is 0.346 e. The molecular weight excluding hydrogens is 376 g/mol. The number of benzene rings is 1. The lowest BCUT2D eigenvalue weighted by atomic mass is 10.1. The van der Waals surface area contributed by atoms with Gasteiger partial charge in [0.1, 0.15) is 11.0 Å². The molecule has 2 aromatic heterocycles. The quantitative estimate of drug-likeness (QED) is 0.388. The third-order valence-electron chi connectivity index (χ3n) is 4.86. The van der Waals surface area contributed by atoms with Crippen LogP contribution >= 0.6 is 11.6 Å². The monoisotopic (exact) mass is 394 g/mol. The normalized spacial score (nSPS) is 13.3. The predicted molar refractivity (Wildman–Crippen MR) is 106 cm³/mol. The van der Waals surface area contributed by atoms with E-state index in [4.69, 9.17) is 11.6 Å². The van der Waals surface area contributed by atoms with Gasteiger partial charge in [-0.1, -0.05) is 23.7 Å². The summed E-state index contributed by atoms with van der Waals surface area (Å²) in [6.07, 6.45) is 3.99. The van der Waals surface area contributed by atoms with E-state index in [2.05, 4.69) is 15.0 Å². The van der Waals surface area contributed by atoms with Crippen molar-refractivity contribution in [2.24, 2.45) is 0 Å². The molecule has 28 heavy (non-hydrogen) atoms. The van der Waals surface area contributed by atoms with E-state index >= 15 is 0 Å². The average molecular weight is 395 g/mol. The summed E-state index contributed by atoms with van der Waals surface area (Å²) in [7, 11) is 0. The first-order valence-electron chi connectivity index (χ1n) is 9.17. The van der Waals surface area contributed by atoms with Crippen LogP contribution in [0.15, 0.2) is 42.6 Å². The summed E-state index contributed by atoms with van der Waals surface area (Å²) < 4.78 is 0. The molecule has 0 aliphatic carbocycles. The van der Waals surface area contributed by atoms with Crippen molar-refractivity contribution in [3.8, 4) is 11.3 Å². The molecule has 1 N–H and O–H groups in total. The smallest absolute Gasteiger partial charge is 0.261 e. The second-order valence-corrected chi connectivity index (χ2v) is 7.18. The first-order valence-corrected chi connectivity index (χ1v) is 9.55. The minimum absolute atomic E-state index is 0.202. The molecule has 6 nitrogen and oxygen atoms in total. The van der Waals surface area contributed by atoms with Crippen molar-refractivity contribution in [1.82, 2.24) is 19.9 Å². The van der Waals surface area contributed by atoms with Gasteiger partial charge in [0, 0.05) is 30.4 Å². The Labute approximate surface area is 167 Å². The predicted octanol–water partition coefficient (Wildman–Crippen LogP) is 4.05. The minimum atomic E-state index is -0.202. The molecule has 7 heteroatoms. The van der Waals surface area contributed by atoms with Crippen LogP contribution in [-0.2, 0) is 6.42 Å². The van der Waals surface area contributed by atoms with Crippen LogP contribution in [0.3, 0.4) is 0 Å². The number of carbonyl (C=O) groups is 2. The number of nitrogens with one attached hydrogen (secondary N) is 1.